The summed E-state index contributed by atoms with van der Waals surface area (Å²) in [5.74, 6) is 0.777. The zero-order valence-electron chi connectivity index (χ0n) is 16.3. The Labute approximate surface area is 174 Å². The number of anilines is 1. The number of benzene rings is 1. The van der Waals surface area contributed by atoms with Crippen molar-refractivity contribution in [2.24, 2.45) is 0 Å². The molecule has 0 spiro atoms. The third-order valence-corrected chi connectivity index (χ3v) is 6.52. The second kappa shape index (κ2) is 9.34. The van der Waals surface area contributed by atoms with E-state index in [9.17, 15) is 13.2 Å². The fourth-order valence-electron chi connectivity index (χ4n) is 2.66. The van der Waals surface area contributed by atoms with Crippen LogP contribution in [0.3, 0.4) is 0 Å². The number of unbranched alkanes of at least 4 members (excludes halogenated alkanes) is 1. The summed E-state index contributed by atoms with van der Waals surface area (Å²) in [6.07, 6.45) is 1.70. The first-order valence-electron chi connectivity index (χ1n) is 9.29. The quantitative estimate of drug-likeness (QED) is 0.497. The standard InChI is InChI=1S/C20H23N3O4S2/c1-3-4-10-21-29(25,26)16-8-5-7-15(12-16)22-19(24)13-17-14(2)27-20(23-17)18-9-6-11-28-18/h5-9,11-12,21H,3-4,10,13H2,1-2H3,(H,22,24). The molecule has 0 aliphatic rings. The van der Waals surface area contributed by atoms with Crippen LogP contribution in [0.4, 0.5) is 5.69 Å². The van der Waals surface area contributed by atoms with E-state index in [2.05, 4.69) is 15.0 Å². The van der Waals surface area contributed by atoms with Gasteiger partial charge in [0.25, 0.3) is 0 Å². The van der Waals surface area contributed by atoms with Crippen LogP contribution in [-0.4, -0.2) is 25.9 Å². The molecule has 0 aliphatic heterocycles. The number of aryl methyl sites for hydroxylation is 1. The van der Waals surface area contributed by atoms with Gasteiger partial charge in [-0.05, 0) is 43.0 Å². The summed E-state index contributed by atoms with van der Waals surface area (Å²) in [4.78, 5) is 17.9. The van der Waals surface area contributed by atoms with Crippen LogP contribution in [0.5, 0.6) is 0 Å². The van der Waals surface area contributed by atoms with Crippen molar-refractivity contribution in [2.45, 2.75) is 38.0 Å². The van der Waals surface area contributed by atoms with Gasteiger partial charge in [-0.1, -0.05) is 25.5 Å². The summed E-state index contributed by atoms with van der Waals surface area (Å²) >= 11 is 1.51. The lowest BCUT2D eigenvalue weighted by atomic mass is 10.2. The van der Waals surface area contributed by atoms with E-state index in [0.717, 1.165) is 17.7 Å². The topological polar surface area (TPSA) is 101 Å². The predicted octanol–water partition coefficient (Wildman–Crippen LogP) is 3.97. The molecule has 2 aromatic heterocycles. The number of carbonyl (C=O) groups excluding carboxylic acids is 1. The van der Waals surface area contributed by atoms with Gasteiger partial charge in [0, 0.05) is 12.2 Å². The van der Waals surface area contributed by atoms with Gasteiger partial charge in [0.2, 0.25) is 21.8 Å². The third kappa shape index (κ3) is 5.53. The number of rotatable bonds is 9. The predicted molar refractivity (Wildman–Crippen MR) is 113 cm³/mol. The Balaban J connectivity index is 1.67. The van der Waals surface area contributed by atoms with Crippen LogP contribution >= 0.6 is 11.3 Å². The minimum Gasteiger partial charge on any atom is -0.440 e. The first kappa shape index (κ1) is 21.2. The van der Waals surface area contributed by atoms with Crippen molar-refractivity contribution in [1.29, 1.82) is 0 Å². The SMILES string of the molecule is CCCCNS(=O)(=O)c1cccc(NC(=O)Cc2nc(-c3cccs3)oc2C)c1. The molecule has 0 saturated carbocycles. The minimum atomic E-state index is -3.61. The van der Waals surface area contributed by atoms with Gasteiger partial charge in [-0.2, -0.15) is 0 Å². The molecule has 7 nitrogen and oxygen atoms in total. The van der Waals surface area contributed by atoms with Crippen LogP contribution in [0.25, 0.3) is 10.8 Å². The highest BCUT2D eigenvalue weighted by Crippen LogP contribution is 2.26. The summed E-state index contributed by atoms with van der Waals surface area (Å²) < 4.78 is 32.9. The molecule has 2 heterocycles. The van der Waals surface area contributed by atoms with E-state index in [1.54, 1.807) is 19.1 Å². The van der Waals surface area contributed by atoms with Crippen molar-refractivity contribution in [2.75, 3.05) is 11.9 Å². The molecule has 0 radical (unpaired) electrons. The highest BCUT2D eigenvalue weighted by atomic mass is 32.2. The molecule has 3 aromatic rings. The average molecular weight is 434 g/mol. The average Bonchev–Trinajstić information content (AvgIpc) is 3.32. The summed E-state index contributed by atoms with van der Waals surface area (Å²) in [7, 11) is -3.61. The lowest BCUT2D eigenvalue weighted by molar-refractivity contribution is -0.115. The lowest BCUT2D eigenvalue weighted by Gasteiger charge is -2.09. The van der Waals surface area contributed by atoms with Crippen molar-refractivity contribution < 1.29 is 17.6 Å². The summed E-state index contributed by atoms with van der Waals surface area (Å²) in [5, 5.41) is 4.66. The van der Waals surface area contributed by atoms with Gasteiger partial charge in [-0.25, -0.2) is 18.1 Å². The van der Waals surface area contributed by atoms with E-state index in [4.69, 9.17) is 4.42 Å². The van der Waals surface area contributed by atoms with E-state index >= 15 is 0 Å². The van der Waals surface area contributed by atoms with Gasteiger partial charge >= 0.3 is 0 Å². The van der Waals surface area contributed by atoms with Crippen LogP contribution in [0.1, 0.15) is 31.2 Å². The summed E-state index contributed by atoms with van der Waals surface area (Å²) in [6.45, 7) is 4.14. The van der Waals surface area contributed by atoms with E-state index in [0.29, 0.717) is 29.6 Å². The fraction of sp³-hybridized carbons (Fsp3) is 0.300. The molecular weight excluding hydrogens is 410 g/mol. The van der Waals surface area contributed by atoms with Crippen molar-refractivity contribution in [3.05, 3.63) is 53.2 Å². The van der Waals surface area contributed by atoms with Gasteiger partial charge in [0.05, 0.1) is 21.9 Å². The number of oxazole rings is 1. The molecule has 2 N–H and O–H groups in total. The van der Waals surface area contributed by atoms with Crippen LogP contribution < -0.4 is 10.0 Å². The van der Waals surface area contributed by atoms with Gasteiger partial charge in [-0.15, -0.1) is 11.3 Å². The Morgan fingerprint density at radius 1 is 1.24 bits per heavy atom. The first-order valence-corrected chi connectivity index (χ1v) is 11.6. The lowest BCUT2D eigenvalue weighted by Crippen LogP contribution is -2.25. The number of aromatic nitrogens is 1. The maximum atomic E-state index is 12.4. The smallest absolute Gasteiger partial charge is 0.240 e. The highest BCUT2D eigenvalue weighted by Gasteiger charge is 2.17. The molecule has 1 aromatic carbocycles. The Hall–Kier alpha value is -2.49. The van der Waals surface area contributed by atoms with Crippen LogP contribution in [0.15, 0.2) is 51.1 Å². The molecule has 9 heteroatoms. The molecule has 154 valence electrons. The van der Waals surface area contributed by atoms with E-state index in [1.165, 1.54) is 23.5 Å². The fourth-order valence-corrected chi connectivity index (χ4v) is 4.43. The molecule has 0 atom stereocenters. The summed E-state index contributed by atoms with van der Waals surface area (Å²) in [5.41, 5.74) is 0.962. The molecule has 0 saturated heterocycles. The number of nitrogens with one attached hydrogen (secondary N) is 2. The first-order chi connectivity index (χ1) is 13.9. The molecule has 0 bridgehead atoms. The summed E-state index contributed by atoms with van der Waals surface area (Å²) in [6, 6.07) is 10.00. The van der Waals surface area contributed by atoms with E-state index < -0.39 is 10.0 Å². The van der Waals surface area contributed by atoms with Crippen LogP contribution in [0.2, 0.25) is 0 Å². The van der Waals surface area contributed by atoms with Crippen molar-refractivity contribution >= 4 is 33.0 Å². The van der Waals surface area contributed by atoms with Crippen molar-refractivity contribution in [3.63, 3.8) is 0 Å². The number of hydrogen-bond donors (Lipinski definition) is 2. The maximum Gasteiger partial charge on any atom is 0.240 e. The van der Waals surface area contributed by atoms with Crippen LogP contribution in [0, 0.1) is 6.92 Å². The van der Waals surface area contributed by atoms with Crippen molar-refractivity contribution in [3.8, 4) is 10.8 Å². The van der Waals surface area contributed by atoms with E-state index in [-0.39, 0.29) is 17.2 Å². The van der Waals surface area contributed by atoms with Gasteiger partial charge in [-0.3, -0.25) is 4.79 Å². The number of sulfonamides is 1. The zero-order chi connectivity index (χ0) is 20.9. The number of thiophene rings is 1. The molecule has 1 amide bonds. The molecule has 0 fully saturated rings. The second-order valence-corrected chi connectivity index (χ2v) is 9.22. The zero-order valence-corrected chi connectivity index (χ0v) is 17.9. The minimum absolute atomic E-state index is 0.0342. The molecule has 3 rings (SSSR count). The number of amides is 1. The second-order valence-electron chi connectivity index (χ2n) is 6.50. The number of carbonyl (C=O) groups is 1. The normalized spacial score (nSPS) is 11.5. The third-order valence-electron chi connectivity index (χ3n) is 4.20. The largest absolute Gasteiger partial charge is 0.440 e. The van der Waals surface area contributed by atoms with E-state index in [1.807, 2.05) is 24.4 Å². The maximum absolute atomic E-state index is 12.4. The van der Waals surface area contributed by atoms with Crippen molar-refractivity contribution in [1.82, 2.24) is 9.71 Å². The van der Waals surface area contributed by atoms with Crippen LogP contribution in [-0.2, 0) is 21.2 Å². The van der Waals surface area contributed by atoms with Gasteiger partial charge < -0.3 is 9.73 Å². The monoisotopic (exact) mass is 433 g/mol. The Morgan fingerprint density at radius 2 is 2.07 bits per heavy atom. The number of hydrogen-bond acceptors (Lipinski definition) is 6. The Morgan fingerprint density at radius 3 is 2.79 bits per heavy atom. The molecule has 0 aliphatic carbocycles. The highest BCUT2D eigenvalue weighted by molar-refractivity contribution is 7.89. The molecule has 29 heavy (non-hydrogen) atoms. The van der Waals surface area contributed by atoms with Gasteiger partial charge in [0.15, 0.2) is 0 Å². The number of nitrogens with zero attached hydrogens (tertiary/aromatic N) is 1. The Kier molecular flexibility index (Phi) is 6.83. The molecule has 0 unspecified atom stereocenters. The van der Waals surface area contributed by atoms with Gasteiger partial charge in [0.1, 0.15) is 5.76 Å². The Bertz CT molecular complexity index is 1070. The molecular formula is C20H23N3O4S2.